The molecule has 0 radical (unpaired) electrons. The molecule has 40 heavy (non-hydrogen) atoms. The summed E-state index contributed by atoms with van der Waals surface area (Å²) < 4.78 is 28.8. The zero-order valence-electron chi connectivity index (χ0n) is 22.3. The van der Waals surface area contributed by atoms with Crippen molar-refractivity contribution in [2.24, 2.45) is 0 Å². The van der Waals surface area contributed by atoms with Crippen molar-refractivity contribution in [2.75, 3.05) is 10.6 Å². The maximum atomic E-state index is 13.2. The first-order valence-electron chi connectivity index (χ1n) is 12.5. The number of urea groups is 1. The van der Waals surface area contributed by atoms with Gasteiger partial charge in [0.05, 0.1) is 4.90 Å². The number of nitrogens with zero attached hydrogens (tertiary/aromatic N) is 1. The minimum absolute atomic E-state index is 0.0569. The number of aliphatic carboxylic acids is 1. The van der Waals surface area contributed by atoms with E-state index in [0.29, 0.717) is 28.1 Å². The van der Waals surface area contributed by atoms with Crippen LogP contribution in [0.1, 0.15) is 22.3 Å². The van der Waals surface area contributed by atoms with Gasteiger partial charge in [0.1, 0.15) is 6.04 Å². The van der Waals surface area contributed by atoms with Crippen molar-refractivity contribution in [3.05, 3.63) is 107 Å². The lowest BCUT2D eigenvalue weighted by Gasteiger charge is -2.18. The monoisotopic (exact) mass is 558 g/mol. The van der Waals surface area contributed by atoms with Crippen LogP contribution in [0.2, 0.25) is 0 Å². The molecular formula is C30H30N4O5S. The zero-order chi connectivity index (χ0) is 28.9. The number of pyridine rings is 1. The Kier molecular flexibility index (Phi) is 8.61. The van der Waals surface area contributed by atoms with E-state index in [9.17, 15) is 23.1 Å². The van der Waals surface area contributed by atoms with Gasteiger partial charge >= 0.3 is 12.0 Å². The van der Waals surface area contributed by atoms with Crippen LogP contribution in [0, 0.1) is 20.8 Å². The van der Waals surface area contributed by atoms with E-state index in [4.69, 9.17) is 0 Å². The second-order valence-corrected chi connectivity index (χ2v) is 11.2. The van der Waals surface area contributed by atoms with Crippen LogP contribution in [-0.2, 0) is 21.2 Å². The average molecular weight is 559 g/mol. The number of amides is 2. The molecule has 0 aliphatic heterocycles. The standard InChI is InChI=1S/C30H30N4O5S/c1-19-14-20(2)28(21(3)15-19)40(38,39)34-27(29(35)36)17-22-6-4-7-23(16-22)24-8-5-9-26(18-24)33-30(37)32-25-10-12-31-13-11-25/h4-16,18,27,34H,17H2,1-3H3,(H,35,36)(H2,31,32,33,37). The van der Waals surface area contributed by atoms with Gasteiger partial charge in [-0.1, -0.05) is 54.1 Å². The molecule has 1 unspecified atom stereocenters. The number of benzene rings is 3. The lowest BCUT2D eigenvalue weighted by Crippen LogP contribution is -2.42. The predicted octanol–water partition coefficient (Wildman–Crippen LogP) is 5.29. The molecule has 4 rings (SSSR count). The highest BCUT2D eigenvalue weighted by Crippen LogP contribution is 2.25. The number of hydrogen-bond acceptors (Lipinski definition) is 5. The summed E-state index contributed by atoms with van der Waals surface area (Å²) in [7, 11) is -4.09. The fourth-order valence-electron chi connectivity index (χ4n) is 4.64. The highest BCUT2D eigenvalue weighted by atomic mass is 32.2. The third-order valence-corrected chi connectivity index (χ3v) is 8.00. The number of aryl methyl sites for hydroxylation is 3. The fraction of sp³-hybridized carbons (Fsp3) is 0.167. The number of carbonyl (C=O) groups excluding carboxylic acids is 1. The summed E-state index contributed by atoms with van der Waals surface area (Å²) >= 11 is 0. The number of anilines is 2. The smallest absolute Gasteiger partial charge is 0.323 e. The third-order valence-electron chi connectivity index (χ3n) is 6.23. The van der Waals surface area contributed by atoms with Crippen molar-refractivity contribution < 1.29 is 23.1 Å². The highest BCUT2D eigenvalue weighted by Gasteiger charge is 2.28. The van der Waals surface area contributed by atoms with Gasteiger partial charge in [-0.3, -0.25) is 9.78 Å². The Morgan fingerprint density at radius 3 is 2.08 bits per heavy atom. The number of carboxylic acids is 1. The van der Waals surface area contributed by atoms with E-state index in [1.807, 2.05) is 25.1 Å². The molecule has 9 nitrogen and oxygen atoms in total. The number of aromatic nitrogens is 1. The van der Waals surface area contributed by atoms with Crippen LogP contribution in [0.25, 0.3) is 11.1 Å². The average Bonchev–Trinajstić information content (AvgIpc) is 2.88. The number of hydrogen-bond donors (Lipinski definition) is 4. The van der Waals surface area contributed by atoms with Gasteiger partial charge in [0.2, 0.25) is 10.0 Å². The molecule has 1 aromatic heterocycles. The predicted molar refractivity (Wildman–Crippen MR) is 155 cm³/mol. The van der Waals surface area contributed by atoms with Crippen LogP contribution in [0.5, 0.6) is 0 Å². The molecule has 1 heterocycles. The maximum absolute atomic E-state index is 13.2. The molecule has 2 amide bonds. The molecule has 3 aromatic carbocycles. The van der Waals surface area contributed by atoms with Crippen molar-refractivity contribution in [1.29, 1.82) is 0 Å². The first kappa shape index (κ1) is 28.5. The zero-order valence-corrected chi connectivity index (χ0v) is 23.1. The fourth-order valence-corrected chi connectivity index (χ4v) is 6.28. The lowest BCUT2D eigenvalue weighted by molar-refractivity contribution is -0.138. The SMILES string of the molecule is Cc1cc(C)c(S(=O)(=O)NC(Cc2cccc(-c3cccc(NC(=O)Nc4ccncc4)c3)c2)C(=O)O)c(C)c1. The van der Waals surface area contributed by atoms with Gasteiger partial charge in [-0.15, -0.1) is 0 Å². The van der Waals surface area contributed by atoms with Crippen molar-refractivity contribution in [1.82, 2.24) is 9.71 Å². The molecule has 0 saturated carbocycles. The quantitative estimate of drug-likeness (QED) is 0.220. The van der Waals surface area contributed by atoms with Gasteiger partial charge in [0, 0.05) is 23.8 Å². The summed E-state index contributed by atoms with van der Waals surface area (Å²) in [6.07, 6.45) is 3.10. The highest BCUT2D eigenvalue weighted by molar-refractivity contribution is 7.89. The molecule has 0 bridgehead atoms. The van der Waals surface area contributed by atoms with E-state index in [1.165, 1.54) is 0 Å². The number of rotatable bonds is 9. The van der Waals surface area contributed by atoms with Crippen molar-refractivity contribution in [2.45, 2.75) is 38.1 Å². The van der Waals surface area contributed by atoms with Gasteiger partial charge in [0.25, 0.3) is 0 Å². The minimum atomic E-state index is -4.09. The van der Waals surface area contributed by atoms with Crippen LogP contribution in [0.3, 0.4) is 0 Å². The third kappa shape index (κ3) is 7.10. The normalized spacial score (nSPS) is 12.0. The van der Waals surface area contributed by atoms with E-state index in [-0.39, 0.29) is 11.3 Å². The Bertz CT molecular complexity index is 1630. The summed E-state index contributed by atoms with van der Waals surface area (Å²) in [6, 6.07) is 19.5. The van der Waals surface area contributed by atoms with E-state index in [0.717, 1.165) is 16.7 Å². The van der Waals surface area contributed by atoms with Crippen LogP contribution in [0.4, 0.5) is 16.2 Å². The van der Waals surface area contributed by atoms with E-state index in [2.05, 4.69) is 20.3 Å². The summed E-state index contributed by atoms with van der Waals surface area (Å²) in [5.74, 6) is -1.28. The molecule has 0 spiro atoms. The van der Waals surface area contributed by atoms with Crippen molar-refractivity contribution >= 4 is 33.4 Å². The second kappa shape index (κ2) is 12.1. The maximum Gasteiger partial charge on any atom is 0.323 e. The number of carboxylic acid groups (broad SMARTS) is 1. The van der Waals surface area contributed by atoms with Crippen LogP contribution >= 0.6 is 0 Å². The second-order valence-electron chi connectivity index (χ2n) is 9.54. The van der Waals surface area contributed by atoms with Crippen molar-refractivity contribution in [3.8, 4) is 11.1 Å². The Morgan fingerprint density at radius 1 is 0.825 bits per heavy atom. The molecule has 206 valence electrons. The molecule has 0 fully saturated rings. The van der Waals surface area contributed by atoms with Gasteiger partial charge in [0.15, 0.2) is 0 Å². The van der Waals surface area contributed by atoms with E-state index >= 15 is 0 Å². The van der Waals surface area contributed by atoms with Gasteiger partial charge < -0.3 is 15.7 Å². The molecular weight excluding hydrogens is 528 g/mol. The largest absolute Gasteiger partial charge is 0.480 e. The van der Waals surface area contributed by atoms with Crippen molar-refractivity contribution in [3.63, 3.8) is 0 Å². The molecule has 1 atom stereocenters. The van der Waals surface area contributed by atoms with Gasteiger partial charge in [-0.2, -0.15) is 4.72 Å². The first-order valence-corrected chi connectivity index (χ1v) is 14.0. The number of nitrogens with one attached hydrogen (secondary N) is 3. The Hall–Kier alpha value is -4.54. The van der Waals surface area contributed by atoms with E-state index in [1.54, 1.807) is 80.8 Å². The molecule has 0 saturated heterocycles. The molecule has 4 N–H and O–H groups in total. The Labute approximate surface area is 233 Å². The number of sulfonamides is 1. The molecule has 0 aliphatic carbocycles. The van der Waals surface area contributed by atoms with Gasteiger partial charge in [-0.25, -0.2) is 13.2 Å². The Balaban J connectivity index is 1.51. The minimum Gasteiger partial charge on any atom is -0.480 e. The van der Waals surface area contributed by atoms with Crippen LogP contribution < -0.4 is 15.4 Å². The topological polar surface area (TPSA) is 137 Å². The summed E-state index contributed by atoms with van der Waals surface area (Å²) in [4.78, 5) is 28.5. The van der Waals surface area contributed by atoms with E-state index < -0.39 is 28.1 Å². The Morgan fingerprint density at radius 2 is 1.43 bits per heavy atom. The van der Waals surface area contributed by atoms with Crippen LogP contribution in [0.15, 0.2) is 90.1 Å². The summed E-state index contributed by atoms with van der Waals surface area (Å²) in [6.45, 7) is 5.26. The molecule has 4 aromatic rings. The molecule has 10 heteroatoms. The lowest BCUT2D eigenvalue weighted by atomic mass is 9.99. The number of carbonyl (C=O) groups is 2. The first-order chi connectivity index (χ1) is 19.0. The van der Waals surface area contributed by atoms with Gasteiger partial charge in [-0.05, 0) is 79.3 Å². The summed E-state index contributed by atoms with van der Waals surface area (Å²) in [5.41, 5.74) is 5.42. The summed E-state index contributed by atoms with van der Waals surface area (Å²) in [5, 5.41) is 15.4. The molecule has 0 aliphatic rings. The van der Waals surface area contributed by atoms with Crippen LogP contribution in [-0.4, -0.2) is 36.6 Å².